The van der Waals surface area contributed by atoms with Gasteiger partial charge in [0, 0.05) is 34.5 Å². The van der Waals surface area contributed by atoms with E-state index in [1.165, 1.54) is 23.0 Å². The van der Waals surface area contributed by atoms with Crippen LogP contribution in [0.1, 0.15) is 60.3 Å². The number of anilines is 1. The number of aromatic nitrogens is 4. The molecule has 0 spiro atoms. The molecule has 0 aliphatic carbocycles. The van der Waals surface area contributed by atoms with E-state index < -0.39 is 17.7 Å². The lowest BCUT2D eigenvalue weighted by Crippen LogP contribution is -2.58. The summed E-state index contributed by atoms with van der Waals surface area (Å²) < 4.78 is 14.0. The monoisotopic (exact) mass is 689 g/mol. The molecule has 2 amide bonds. The van der Waals surface area contributed by atoms with E-state index >= 15 is 0 Å². The molecule has 0 radical (unpaired) electrons. The average Bonchev–Trinajstić information content (AvgIpc) is 3.55. The maximum atomic E-state index is 13.7. The Balaban J connectivity index is 1.29. The number of benzene rings is 1. The van der Waals surface area contributed by atoms with Crippen LogP contribution < -0.4 is 15.2 Å². The third kappa shape index (κ3) is 6.85. The van der Waals surface area contributed by atoms with E-state index in [0.717, 1.165) is 33.8 Å². The molecule has 3 aromatic rings. The number of rotatable bonds is 9. The number of amides is 2. The van der Waals surface area contributed by atoms with Crippen molar-refractivity contribution in [1.82, 2.24) is 29.3 Å². The number of carboxylic acid groups (broad SMARTS) is 1. The number of nitrogens with zero attached hydrogens (tertiary/aromatic N) is 6. The van der Waals surface area contributed by atoms with Crippen LogP contribution in [0.2, 0.25) is 0 Å². The van der Waals surface area contributed by atoms with Gasteiger partial charge in [-0.3, -0.25) is 9.69 Å². The molecule has 0 unspecified atom stereocenters. The first-order valence-electron chi connectivity index (χ1n) is 14.9. The van der Waals surface area contributed by atoms with Crippen LogP contribution in [0, 0.1) is 11.8 Å². The van der Waals surface area contributed by atoms with Gasteiger partial charge in [-0.1, -0.05) is 25.6 Å². The van der Waals surface area contributed by atoms with Crippen LogP contribution in [0.3, 0.4) is 0 Å². The molecule has 238 valence electrons. The topological polar surface area (TPSA) is 149 Å². The van der Waals surface area contributed by atoms with Crippen LogP contribution in [0.25, 0.3) is 11.2 Å². The predicted octanol–water partition coefficient (Wildman–Crippen LogP) is 5.87. The minimum absolute atomic E-state index is 0.102. The predicted molar refractivity (Wildman–Crippen MR) is 171 cm³/mol. The molecule has 3 N–H and O–H groups in total. The highest BCUT2D eigenvalue weighted by Crippen LogP contribution is 2.43. The van der Waals surface area contributed by atoms with Gasteiger partial charge in [0.25, 0.3) is 0 Å². The maximum Gasteiger partial charge on any atom is 0.408 e. The van der Waals surface area contributed by atoms with Crippen LogP contribution >= 0.6 is 27.7 Å². The Bertz CT molecular complexity index is 1530. The van der Waals surface area contributed by atoms with E-state index in [4.69, 9.17) is 20.2 Å². The number of hydrogen-bond donors (Lipinski definition) is 2. The summed E-state index contributed by atoms with van der Waals surface area (Å²) in [6.07, 6.45) is 3.42. The third-order valence-corrected chi connectivity index (χ3v) is 10.0. The molecule has 5 rings (SSSR count). The van der Waals surface area contributed by atoms with Crippen molar-refractivity contribution in [3.8, 4) is 11.5 Å². The van der Waals surface area contributed by atoms with Crippen molar-refractivity contribution < 1.29 is 24.2 Å². The summed E-state index contributed by atoms with van der Waals surface area (Å²) in [6, 6.07) is 3.12. The van der Waals surface area contributed by atoms with Crippen molar-refractivity contribution in [2.24, 2.45) is 11.8 Å². The molecular weight excluding hydrogens is 650 g/mol. The third-order valence-electron chi connectivity index (χ3n) is 8.06. The first kappa shape index (κ1) is 32.1. The van der Waals surface area contributed by atoms with Gasteiger partial charge in [0.15, 0.2) is 33.6 Å². The quantitative estimate of drug-likeness (QED) is 0.279. The van der Waals surface area contributed by atoms with Gasteiger partial charge in [-0.25, -0.2) is 19.7 Å². The number of aryl methyl sites for hydroxylation is 1. The van der Waals surface area contributed by atoms with E-state index in [-0.39, 0.29) is 18.6 Å². The summed E-state index contributed by atoms with van der Waals surface area (Å²) in [5, 5.41) is 10.8. The Hall–Kier alpha value is -3.26. The Morgan fingerprint density at radius 2 is 1.86 bits per heavy atom. The molecule has 1 atom stereocenters. The van der Waals surface area contributed by atoms with Gasteiger partial charge < -0.3 is 29.8 Å². The molecule has 14 heteroatoms. The molecule has 2 aliphatic rings. The molecule has 2 aliphatic heterocycles. The molecule has 0 saturated carbocycles. The average molecular weight is 691 g/mol. The first-order valence-corrected chi connectivity index (χ1v) is 16.5. The van der Waals surface area contributed by atoms with Gasteiger partial charge in [0.2, 0.25) is 12.7 Å². The highest BCUT2D eigenvalue weighted by atomic mass is 79.9. The molecule has 1 saturated heterocycles. The number of piperidine rings is 1. The van der Waals surface area contributed by atoms with E-state index in [0.29, 0.717) is 60.5 Å². The van der Waals surface area contributed by atoms with Crippen molar-refractivity contribution in [1.29, 1.82) is 0 Å². The van der Waals surface area contributed by atoms with Crippen LogP contribution in [-0.2, 0) is 11.3 Å². The van der Waals surface area contributed by atoms with Gasteiger partial charge in [-0.15, -0.1) is 0 Å². The summed E-state index contributed by atoms with van der Waals surface area (Å²) in [4.78, 5) is 43.5. The SMILES string of the molecule is CC(C)C[C@@H](C(=O)N1CCC(CCn2c(Sc3cc4c(cc3Br)OCO4)nc3c(N)ncnc32)CC1)N(C(=O)O)C(C)(C)C. The number of ether oxygens (including phenoxy) is 2. The second kappa shape index (κ2) is 13.0. The van der Waals surface area contributed by atoms with Gasteiger partial charge >= 0.3 is 6.09 Å². The fourth-order valence-electron chi connectivity index (χ4n) is 5.90. The molecule has 4 heterocycles. The number of imidazole rings is 1. The zero-order valence-corrected chi connectivity index (χ0v) is 28.2. The highest BCUT2D eigenvalue weighted by molar-refractivity contribution is 9.10. The van der Waals surface area contributed by atoms with Crippen molar-refractivity contribution in [2.45, 2.75) is 88.5 Å². The Morgan fingerprint density at radius 3 is 2.50 bits per heavy atom. The van der Waals surface area contributed by atoms with E-state index in [9.17, 15) is 14.7 Å². The minimum Gasteiger partial charge on any atom is -0.465 e. The minimum atomic E-state index is -1.06. The molecule has 44 heavy (non-hydrogen) atoms. The number of nitrogen functional groups attached to an aromatic ring is 1. The van der Waals surface area contributed by atoms with Crippen molar-refractivity contribution in [3.63, 3.8) is 0 Å². The lowest BCUT2D eigenvalue weighted by molar-refractivity contribution is -0.140. The van der Waals surface area contributed by atoms with Crippen molar-refractivity contribution >= 4 is 56.7 Å². The fraction of sp³-hybridized carbons (Fsp3) is 0.567. The van der Waals surface area contributed by atoms with Gasteiger partial charge in [0.1, 0.15) is 12.4 Å². The highest BCUT2D eigenvalue weighted by Gasteiger charge is 2.40. The number of carbonyl (C=O) groups is 2. The number of likely N-dealkylation sites (tertiary alicyclic amines) is 1. The van der Waals surface area contributed by atoms with Crippen LogP contribution in [0.4, 0.5) is 10.6 Å². The van der Waals surface area contributed by atoms with Crippen LogP contribution in [0.15, 0.2) is 33.0 Å². The summed E-state index contributed by atoms with van der Waals surface area (Å²) >= 11 is 5.13. The molecule has 1 fully saturated rings. The standard InChI is InChI=1S/C30H40BrN7O5S/c1-17(2)12-20(38(29(40)41)30(3,4)5)27(39)36-9-6-18(7-10-36)8-11-37-26-24(25(32)33-15-34-26)35-28(37)44-23-14-22-21(13-19(23)31)42-16-43-22/h13-15,17-18,20H,6-12,16H2,1-5H3,(H,40,41)(H2,32,33,34)/t20-/m0/s1. The Morgan fingerprint density at radius 1 is 1.18 bits per heavy atom. The van der Waals surface area contributed by atoms with Crippen LogP contribution in [-0.4, -0.2) is 77.9 Å². The Kier molecular flexibility index (Phi) is 9.49. The summed E-state index contributed by atoms with van der Waals surface area (Å²) in [5.41, 5.74) is 6.73. The Labute approximate surface area is 269 Å². The number of hydrogen-bond acceptors (Lipinski definition) is 9. The smallest absolute Gasteiger partial charge is 0.408 e. The normalized spacial score (nSPS) is 16.1. The number of nitrogens with two attached hydrogens (primary N) is 1. The van der Waals surface area contributed by atoms with Gasteiger partial charge in [0.05, 0.1) is 0 Å². The van der Waals surface area contributed by atoms with Crippen molar-refractivity contribution in [2.75, 3.05) is 25.6 Å². The van der Waals surface area contributed by atoms with Crippen molar-refractivity contribution in [3.05, 3.63) is 22.9 Å². The van der Waals surface area contributed by atoms with E-state index in [1.807, 2.05) is 51.7 Å². The van der Waals surface area contributed by atoms with Gasteiger partial charge in [-0.2, -0.15) is 0 Å². The summed E-state index contributed by atoms with van der Waals surface area (Å²) in [5.74, 6) is 2.17. The zero-order chi connectivity index (χ0) is 31.8. The second-order valence-corrected chi connectivity index (χ2v) is 14.6. The van der Waals surface area contributed by atoms with Crippen LogP contribution in [0.5, 0.6) is 11.5 Å². The lowest BCUT2D eigenvalue weighted by Gasteiger charge is -2.42. The number of halogens is 1. The fourth-order valence-corrected chi connectivity index (χ4v) is 7.41. The molecule has 0 bridgehead atoms. The number of carbonyl (C=O) groups excluding carboxylic acids is 1. The summed E-state index contributed by atoms with van der Waals surface area (Å²) in [6.45, 7) is 11.6. The molecule has 1 aromatic carbocycles. The second-order valence-electron chi connectivity index (χ2n) is 12.7. The summed E-state index contributed by atoms with van der Waals surface area (Å²) in [7, 11) is 0. The largest absolute Gasteiger partial charge is 0.465 e. The van der Waals surface area contributed by atoms with Gasteiger partial charge in [-0.05, 0) is 86.4 Å². The number of fused-ring (bicyclic) bond motifs is 2. The maximum absolute atomic E-state index is 13.7. The molecule has 2 aromatic heterocycles. The zero-order valence-electron chi connectivity index (χ0n) is 25.7. The lowest BCUT2D eigenvalue weighted by atomic mass is 9.91. The molecular formula is C30H40BrN7O5S. The van der Waals surface area contributed by atoms with E-state index in [2.05, 4.69) is 30.5 Å². The first-order chi connectivity index (χ1) is 20.8. The van der Waals surface area contributed by atoms with E-state index in [1.54, 1.807) is 0 Å². The molecule has 12 nitrogen and oxygen atoms in total.